The smallest absolute Gasteiger partial charge is 0.215 e. The number of nitrogens with zero attached hydrogens (tertiary/aromatic N) is 1. The van der Waals surface area contributed by atoms with E-state index in [1.165, 1.54) is 102 Å². The topological polar surface area (TPSA) is 81.3 Å². The number of aryl methyl sites for hydroxylation is 2. The summed E-state index contributed by atoms with van der Waals surface area (Å²) in [6.45, 7) is 5.68. The van der Waals surface area contributed by atoms with Crippen LogP contribution in [0, 0.1) is 6.92 Å². The summed E-state index contributed by atoms with van der Waals surface area (Å²) in [4.78, 5) is 0. The zero-order chi connectivity index (χ0) is 21.1. The highest BCUT2D eigenvalue weighted by Gasteiger charge is 2.03. The van der Waals surface area contributed by atoms with Crippen molar-refractivity contribution in [2.75, 3.05) is 0 Å². The van der Waals surface area contributed by atoms with Crippen molar-refractivity contribution in [2.24, 2.45) is 0 Å². The standard InChI is InChI=1S/C22H40N.H2O4S/c1-3-4-5-6-7-8-9-10-11-12-13-14-15-17-20-23-21-18-16-19-22(23)2;1-5(2,3)4/h16,18-19,21H,3-15,17,20H2,1-2H3;(H2,1,2,3,4)/q+1;/p-1. The Bertz CT molecular complexity index is 568. The average molecular weight is 416 g/mol. The van der Waals surface area contributed by atoms with Crippen molar-refractivity contribution in [1.82, 2.24) is 0 Å². The zero-order valence-electron chi connectivity index (χ0n) is 17.9. The minimum absolute atomic E-state index is 1.19. The van der Waals surface area contributed by atoms with Crippen molar-refractivity contribution in [2.45, 2.75) is 110 Å². The van der Waals surface area contributed by atoms with E-state index in [9.17, 15) is 0 Å². The summed E-state index contributed by atoms with van der Waals surface area (Å²) in [5.74, 6) is 0. The van der Waals surface area contributed by atoms with Gasteiger partial charge in [-0.25, -0.2) is 13.0 Å². The predicted octanol–water partition coefficient (Wildman–Crippen LogP) is 5.77. The summed E-state index contributed by atoms with van der Waals surface area (Å²) in [7, 11) is -4.92. The first-order valence-corrected chi connectivity index (χ1v) is 12.3. The van der Waals surface area contributed by atoms with Gasteiger partial charge in [-0.1, -0.05) is 90.0 Å². The highest BCUT2D eigenvalue weighted by atomic mass is 32.3. The van der Waals surface area contributed by atoms with Gasteiger partial charge in [0.15, 0.2) is 11.9 Å². The lowest BCUT2D eigenvalue weighted by atomic mass is 10.0. The third-order valence-corrected chi connectivity index (χ3v) is 4.92. The fourth-order valence-electron chi connectivity index (χ4n) is 3.29. The maximum atomic E-state index is 8.63. The first-order chi connectivity index (χ1) is 13.3. The van der Waals surface area contributed by atoms with Crippen LogP contribution in [0.25, 0.3) is 0 Å². The Balaban J connectivity index is 0.00000129. The van der Waals surface area contributed by atoms with Gasteiger partial charge in [0.25, 0.3) is 0 Å². The van der Waals surface area contributed by atoms with E-state index in [4.69, 9.17) is 17.5 Å². The molecule has 164 valence electrons. The van der Waals surface area contributed by atoms with E-state index in [0.29, 0.717) is 0 Å². The number of unbranched alkanes of at least 4 members (excludes halogenated alkanes) is 13. The van der Waals surface area contributed by atoms with Gasteiger partial charge in [0.2, 0.25) is 10.4 Å². The second-order valence-electron chi connectivity index (χ2n) is 7.56. The first kappa shape index (κ1) is 27.0. The largest absolute Gasteiger partial charge is 0.726 e. The molecule has 1 aromatic heterocycles. The second-order valence-corrected chi connectivity index (χ2v) is 8.41. The van der Waals surface area contributed by atoms with Crippen molar-refractivity contribution in [3.8, 4) is 0 Å². The van der Waals surface area contributed by atoms with Crippen LogP contribution in [-0.4, -0.2) is 17.5 Å². The van der Waals surface area contributed by atoms with Gasteiger partial charge in [0, 0.05) is 25.5 Å². The molecule has 28 heavy (non-hydrogen) atoms. The molecule has 0 saturated carbocycles. The van der Waals surface area contributed by atoms with E-state index in [1.54, 1.807) is 0 Å². The second kappa shape index (κ2) is 18.1. The maximum Gasteiger partial charge on any atom is 0.215 e. The monoisotopic (exact) mass is 415 g/mol. The molecule has 0 bridgehead atoms. The van der Waals surface area contributed by atoms with Crippen molar-refractivity contribution in [1.29, 1.82) is 0 Å². The lowest BCUT2D eigenvalue weighted by Crippen LogP contribution is -2.36. The van der Waals surface area contributed by atoms with E-state index in [-0.39, 0.29) is 0 Å². The molecule has 6 heteroatoms. The van der Waals surface area contributed by atoms with Crippen LogP contribution in [-0.2, 0) is 16.9 Å². The molecule has 0 spiro atoms. The van der Waals surface area contributed by atoms with Gasteiger partial charge >= 0.3 is 0 Å². The molecule has 1 aromatic rings. The highest BCUT2D eigenvalue weighted by molar-refractivity contribution is 7.79. The molecular formula is C22H41NO4S. The highest BCUT2D eigenvalue weighted by Crippen LogP contribution is 2.12. The summed E-state index contributed by atoms with van der Waals surface area (Å²) in [6.07, 6.45) is 22.3. The lowest BCUT2D eigenvalue weighted by Gasteiger charge is -2.03. The van der Waals surface area contributed by atoms with Gasteiger partial charge in [-0.05, 0) is 6.42 Å². The summed E-state index contributed by atoms with van der Waals surface area (Å²) < 4.78 is 35.2. The quantitative estimate of drug-likeness (QED) is 0.171. The lowest BCUT2D eigenvalue weighted by molar-refractivity contribution is -0.703. The minimum Gasteiger partial charge on any atom is -0.726 e. The van der Waals surface area contributed by atoms with Crippen LogP contribution >= 0.6 is 0 Å². The van der Waals surface area contributed by atoms with Crippen LogP contribution in [0.3, 0.4) is 0 Å². The Morgan fingerprint density at radius 1 is 0.821 bits per heavy atom. The van der Waals surface area contributed by atoms with Gasteiger partial charge < -0.3 is 4.55 Å². The van der Waals surface area contributed by atoms with E-state index < -0.39 is 10.4 Å². The number of pyridine rings is 1. The first-order valence-electron chi connectivity index (χ1n) is 11.0. The van der Waals surface area contributed by atoms with E-state index in [1.807, 2.05) is 0 Å². The molecule has 0 fully saturated rings. The van der Waals surface area contributed by atoms with Crippen molar-refractivity contribution >= 4 is 10.4 Å². The van der Waals surface area contributed by atoms with Gasteiger partial charge in [-0.15, -0.1) is 0 Å². The molecule has 1 rings (SSSR count). The van der Waals surface area contributed by atoms with Crippen LogP contribution in [0.4, 0.5) is 0 Å². The van der Waals surface area contributed by atoms with E-state index >= 15 is 0 Å². The molecule has 0 aliphatic rings. The van der Waals surface area contributed by atoms with Gasteiger partial charge in [0.1, 0.15) is 6.54 Å². The van der Waals surface area contributed by atoms with Crippen LogP contribution < -0.4 is 4.57 Å². The Hall–Kier alpha value is -0.980. The number of hydrogen-bond acceptors (Lipinski definition) is 3. The molecule has 0 unspecified atom stereocenters. The average Bonchev–Trinajstić information content (AvgIpc) is 2.62. The molecule has 0 atom stereocenters. The molecule has 0 radical (unpaired) electrons. The molecular weight excluding hydrogens is 374 g/mol. The number of rotatable bonds is 15. The molecule has 1 N–H and O–H groups in total. The van der Waals surface area contributed by atoms with Gasteiger partial charge in [-0.2, -0.15) is 0 Å². The Morgan fingerprint density at radius 3 is 1.61 bits per heavy atom. The van der Waals surface area contributed by atoms with E-state index in [0.717, 1.165) is 0 Å². The Kier molecular flexibility index (Phi) is 17.4. The molecule has 0 aliphatic carbocycles. The van der Waals surface area contributed by atoms with Crippen LogP contribution in [0.1, 0.15) is 103 Å². The molecule has 0 amide bonds. The van der Waals surface area contributed by atoms with E-state index in [2.05, 4.69) is 42.8 Å². The summed E-state index contributed by atoms with van der Waals surface area (Å²) in [5, 5.41) is 0. The predicted molar refractivity (Wildman–Crippen MR) is 114 cm³/mol. The maximum absolute atomic E-state index is 8.63. The van der Waals surface area contributed by atoms with Crippen LogP contribution in [0.2, 0.25) is 0 Å². The zero-order valence-corrected chi connectivity index (χ0v) is 18.8. The molecule has 0 aromatic carbocycles. The Labute approximate surface area is 173 Å². The summed E-state index contributed by atoms with van der Waals surface area (Å²) in [5.41, 5.74) is 1.38. The van der Waals surface area contributed by atoms with Crippen LogP contribution in [0.5, 0.6) is 0 Å². The minimum atomic E-state index is -4.92. The van der Waals surface area contributed by atoms with Gasteiger partial charge in [-0.3, -0.25) is 4.55 Å². The normalized spacial score (nSPS) is 11.1. The third kappa shape index (κ3) is 21.3. The summed E-state index contributed by atoms with van der Waals surface area (Å²) in [6, 6.07) is 6.46. The molecule has 5 nitrogen and oxygen atoms in total. The molecule has 1 heterocycles. The molecule has 0 saturated heterocycles. The van der Waals surface area contributed by atoms with Crippen molar-refractivity contribution in [3.05, 3.63) is 30.1 Å². The fraction of sp³-hybridized carbons (Fsp3) is 0.773. The SMILES string of the molecule is CCCCCCCCCCCCCCCC[n+]1ccccc1C.O=S(=O)([O-])O. The van der Waals surface area contributed by atoms with Gasteiger partial charge in [0.05, 0.1) is 0 Å². The fourth-order valence-corrected chi connectivity index (χ4v) is 3.29. The third-order valence-electron chi connectivity index (χ3n) is 4.92. The van der Waals surface area contributed by atoms with Crippen molar-refractivity contribution < 1.29 is 22.1 Å². The van der Waals surface area contributed by atoms with Crippen molar-refractivity contribution in [3.63, 3.8) is 0 Å². The number of aromatic nitrogens is 1. The molecule has 0 aliphatic heterocycles. The van der Waals surface area contributed by atoms with Crippen LogP contribution in [0.15, 0.2) is 24.4 Å². The summed E-state index contributed by atoms with van der Waals surface area (Å²) >= 11 is 0. The number of hydrogen-bond donors (Lipinski definition) is 1. The Morgan fingerprint density at radius 2 is 1.21 bits per heavy atom.